The van der Waals surface area contributed by atoms with Crippen LogP contribution in [0.2, 0.25) is 5.02 Å². The summed E-state index contributed by atoms with van der Waals surface area (Å²) >= 11 is 6.07. The maximum absolute atomic E-state index is 12.2. The number of methoxy groups -OCH3 is 1. The summed E-state index contributed by atoms with van der Waals surface area (Å²) in [5.41, 5.74) is 3.30. The monoisotopic (exact) mass is 522 g/mol. The molecular formula is C24H27ClN2O7S. The number of hydrogen-bond acceptors (Lipinski definition) is 7. The van der Waals surface area contributed by atoms with Crippen molar-refractivity contribution in [1.82, 2.24) is 10.2 Å². The molecule has 1 unspecified atom stereocenters. The highest BCUT2D eigenvalue weighted by Crippen LogP contribution is 2.28. The third-order valence-electron chi connectivity index (χ3n) is 4.52. The van der Waals surface area contributed by atoms with Crippen LogP contribution in [0.3, 0.4) is 0 Å². The largest absolute Gasteiger partial charge is 0.493 e. The summed E-state index contributed by atoms with van der Waals surface area (Å²) in [6.45, 7) is 3.38. The number of ether oxygens (including phenoxy) is 2. The van der Waals surface area contributed by atoms with E-state index in [0.29, 0.717) is 27.6 Å². The topological polar surface area (TPSA) is 120 Å². The van der Waals surface area contributed by atoms with E-state index in [-0.39, 0.29) is 18.9 Å². The molecule has 2 N–H and O–H groups in total. The van der Waals surface area contributed by atoms with Gasteiger partial charge in [0, 0.05) is 5.56 Å². The molecule has 0 spiro atoms. The number of rotatable bonds is 9. The molecule has 2 aromatic rings. The number of nitrogens with one attached hydrogen (secondary N) is 2. The van der Waals surface area contributed by atoms with E-state index < -0.39 is 27.9 Å². The van der Waals surface area contributed by atoms with E-state index in [1.807, 2.05) is 17.6 Å². The van der Waals surface area contributed by atoms with Gasteiger partial charge in [-0.3, -0.25) is 4.79 Å². The van der Waals surface area contributed by atoms with Crippen molar-refractivity contribution >= 4 is 33.5 Å². The molecule has 0 saturated heterocycles. The van der Waals surface area contributed by atoms with Crippen LogP contribution in [0.4, 0.5) is 0 Å². The second kappa shape index (κ2) is 13.0. The van der Waals surface area contributed by atoms with Gasteiger partial charge >= 0.3 is 5.97 Å². The fraction of sp³-hybridized carbons (Fsp3) is 0.333. The molecule has 1 atom stereocenters. The number of halogens is 1. The first-order valence-electron chi connectivity index (χ1n) is 10.5. The fourth-order valence-electron chi connectivity index (χ4n) is 2.83. The van der Waals surface area contributed by atoms with Gasteiger partial charge in [0.25, 0.3) is 5.91 Å². The lowest BCUT2D eigenvalue weighted by atomic mass is 10.1. The van der Waals surface area contributed by atoms with E-state index in [1.165, 1.54) is 7.11 Å². The highest BCUT2D eigenvalue weighted by Gasteiger charge is 2.27. The summed E-state index contributed by atoms with van der Waals surface area (Å²) in [6.07, 6.45) is 0.808. The highest BCUT2D eigenvalue weighted by molar-refractivity contribution is 7.88. The molecule has 0 aliphatic heterocycles. The van der Waals surface area contributed by atoms with Gasteiger partial charge in [0.15, 0.2) is 11.5 Å². The minimum Gasteiger partial charge on any atom is -0.493 e. The molecule has 0 aliphatic rings. The first-order chi connectivity index (χ1) is 16.5. The van der Waals surface area contributed by atoms with Gasteiger partial charge in [0.2, 0.25) is 10.0 Å². The van der Waals surface area contributed by atoms with Crippen LogP contribution in [-0.2, 0) is 30.9 Å². The summed E-state index contributed by atoms with van der Waals surface area (Å²) in [6, 6.07) is 11.0. The van der Waals surface area contributed by atoms with Crippen molar-refractivity contribution in [2.45, 2.75) is 26.3 Å². The number of amides is 1. The van der Waals surface area contributed by atoms with E-state index in [2.05, 4.69) is 16.6 Å². The maximum atomic E-state index is 12.2. The predicted molar refractivity (Wildman–Crippen MR) is 131 cm³/mol. The molecule has 1 amide bonds. The molecule has 11 heteroatoms. The quantitative estimate of drug-likeness (QED) is 0.383. The molecule has 0 aliphatic carbocycles. The Morgan fingerprint density at radius 3 is 2.46 bits per heavy atom. The van der Waals surface area contributed by atoms with Gasteiger partial charge in [0.1, 0.15) is 12.6 Å². The van der Waals surface area contributed by atoms with Crippen molar-refractivity contribution in [2.24, 2.45) is 5.92 Å². The SMILES string of the molecule is COc1cc(CC(=O)NOC(=O)C(NS(C)(=O)=O)C(C)C)ccc1OCC#Cc1ccccc1Cl. The zero-order valence-corrected chi connectivity index (χ0v) is 21.3. The molecule has 0 heterocycles. The summed E-state index contributed by atoms with van der Waals surface area (Å²) < 4.78 is 36.0. The van der Waals surface area contributed by atoms with E-state index in [9.17, 15) is 18.0 Å². The number of carbonyl (C=O) groups is 2. The average Bonchev–Trinajstić information content (AvgIpc) is 2.79. The van der Waals surface area contributed by atoms with E-state index >= 15 is 0 Å². The van der Waals surface area contributed by atoms with Crippen LogP contribution in [0.1, 0.15) is 25.0 Å². The van der Waals surface area contributed by atoms with Crippen molar-refractivity contribution < 1.29 is 32.3 Å². The molecule has 9 nitrogen and oxygen atoms in total. The Morgan fingerprint density at radius 2 is 1.83 bits per heavy atom. The molecule has 0 aromatic heterocycles. The van der Waals surface area contributed by atoms with Crippen molar-refractivity contribution in [3.8, 4) is 23.3 Å². The van der Waals surface area contributed by atoms with Crippen LogP contribution in [0.25, 0.3) is 0 Å². The van der Waals surface area contributed by atoms with Gasteiger partial charge in [-0.2, -0.15) is 5.48 Å². The van der Waals surface area contributed by atoms with Gasteiger partial charge in [-0.15, -0.1) is 0 Å². The van der Waals surface area contributed by atoms with Crippen LogP contribution in [0, 0.1) is 17.8 Å². The van der Waals surface area contributed by atoms with Crippen molar-refractivity contribution in [1.29, 1.82) is 0 Å². The van der Waals surface area contributed by atoms with Crippen molar-refractivity contribution in [3.05, 3.63) is 58.6 Å². The van der Waals surface area contributed by atoms with Gasteiger partial charge in [-0.1, -0.05) is 55.5 Å². The Labute approximate surface area is 210 Å². The number of sulfonamides is 1. The molecule has 188 valence electrons. The van der Waals surface area contributed by atoms with E-state index in [1.54, 1.807) is 44.2 Å². The minimum absolute atomic E-state index is 0.0932. The molecule has 35 heavy (non-hydrogen) atoms. The number of benzene rings is 2. The van der Waals surface area contributed by atoms with Gasteiger partial charge in [-0.25, -0.2) is 17.9 Å². The lowest BCUT2D eigenvalue weighted by Gasteiger charge is -2.19. The summed E-state index contributed by atoms with van der Waals surface area (Å²) in [5.74, 6) is 4.72. The van der Waals surface area contributed by atoms with Crippen LogP contribution >= 0.6 is 11.6 Å². The van der Waals surface area contributed by atoms with Crippen molar-refractivity contribution in [2.75, 3.05) is 20.0 Å². The second-order valence-electron chi connectivity index (χ2n) is 7.79. The van der Waals surface area contributed by atoms with Gasteiger partial charge in [0.05, 0.1) is 24.8 Å². The lowest BCUT2D eigenvalue weighted by Crippen LogP contribution is -2.47. The Hall–Kier alpha value is -3.26. The Bertz CT molecular complexity index is 1220. The minimum atomic E-state index is -3.64. The standard InChI is InChI=1S/C24H27ClN2O7S/c1-16(2)23(27-35(4,30)31)24(29)34-26-22(28)15-17-11-12-20(21(14-17)32-3)33-13-7-9-18-8-5-6-10-19(18)25/h5-6,8,10-12,14,16,23,27H,13,15H2,1-4H3,(H,26,28). The van der Waals surface area contributed by atoms with E-state index in [4.69, 9.17) is 25.9 Å². The average molecular weight is 523 g/mol. The Balaban J connectivity index is 1.93. The Morgan fingerprint density at radius 1 is 1.11 bits per heavy atom. The third kappa shape index (κ3) is 9.48. The first kappa shape index (κ1) is 28.0. The zero-order chi connectivity index (χ0) is 26.0. The molecule has 2 aromatic carbocycles. The fourth-order valence-corrected chi connectivity index (χ4v) is 3.84. The number of carbonyl (C=O) groups excluding carboxylic acids is 2. The van der Waals surface area contributed by atoms with Gasteiger partial charge in [-0.05, 0) is 35.7 Å². The van der Waals surface area contributed by atoms with Gasteiger partial charge < -0.3 is 14.3 Å². The van der Waals surface area contributed by atoms with E-state index in [0.717, 1.165) is 6.26 Å². The molecular weight excluding hydrogens is 496 g/mol. The Kier molecular flexibility index (Phi) is 10.4. The van der Waals surface area contributed by atoms with Crippen molar-refractivity contribution in [3.63, 3.8) is 0 Å². The normalized spacial score (nSPS) is 11.7. The highest BCUT2D eigenvalue weighted by atomic mass is 35.5. The van der Waals surface area contributed by atoms with Crippen LogP contribution in [0.5, 0.6) is 11.5 Å². The lowest BCUT2D eigenvalue weighted by molar-refractivity contribution is -0.160. The number of hydrogen-bond donors (Lipinski definition) is 2. The molecule has 0 saturated carbocycles. The third-order valence-corrected chi connectivity index (χ3v) is 5.53. The molecule has 0 radical (unpaired) electrons. The summed E-state index contributed by atoms with van der Waals surface area (Å²) in [4.78, 5) is 29.2. The maximum Gasteiger partial charge on any atom is 0.350 e. The van der Waals surface area contributed by atoms with Crippen LogP contribution in [-0.4, -0.2) is 46.3 Å². The summed E-state index contributed by atoms with van der Waals surface area (Å²) in [5, 5.41) is 0.553. The molecule has 0 fully saturated rings. The van der Waals surface area contributed by atoms with Crippen LogP contribution in [0.15, 0.2) is 42.5 Å². The predicted octanol–water partition coefficient (Wildman–Crippen LogP) is 2.47. The smallest absolute Gasteiger partial charge is 0.350 e. The first-order valence-corrected chi connectivity index (χ1v) is 12.8. The molecule has 0 bridgehead atoms. The number of hydroxylamine groups is 1. The second-order valence-corrected chi connectivity index (χ2v) is 9.98. The zero-order valence-electron chi connectivity index (χ0n) is 19.8. The van der Waals surface area contributed by atoms with Crippen LogP contribution < -0.4 is 19.7 Å². The molecule has 2 rings (SSSR count). The summed E-state index contributed by atoms with van der Waals surface area (Å²) in [7, 11) is -2.18.